The fourth-order valence-corrected chi connectivity index (χ4v) is 5.65. The molecule has 0 radical (unpaired) electrons. The highest BCUT2D eigenvalue weighted by molar-refractivity contribution is 7.98. The summed E-state index contributed by atoms with van der Waals surface area (Å²) in [6, 6.07) is 22.8. The number of nitrogens with zero attached hydrogens (tertiary/aromatic N) is 4. The van der Waals surface area contributed by atoms with E-state index in [1.165, 1.54) is 25.7 Å². The zero-order valence-corrected chi connectivity index (χ0v) is 20.8. The summed E-state index contributed by atoms with van der Waals surface area (Å²) in [6.07, 6.45) is 8.50. The highest BCUT2D eigenvalue weighted by Gasteiger charge is 2.06. The third-order valence-corrected chi connectivity index (χ3v) is 7.53. The fraction of sp³-hybridized carbons (Fsp3) is 0.308. The lowest BCUT2D eigenvalue weighted by molar-refractivity contribution is 0.632. The van der Waals surface area contributed by atoms with Crippen molar-refractivity contribution in [2.24, 2.45) is 0 Å². The van der Waals surface area contributed by atoms with Gasteiger partial charge >= 0.3 is 0 Å². The van der Waals surface area contributed by atoms with Gasteiger partial charge in [-0.15, -0.1) is 23.5 Å². The summed E-state index contributed by atoms with van der Waals surface area (Å²) in [5.41, 5.74) is 1.81. The van der Waals surface area contributed by atoms with Crippen LogP contribution in [0.4, 0.5) is 0 Å². The average Bonchev–Trinajstić information content (AvgIpc) is 3.43. The quantitative estimate of drug-likeness (QED) is 0.239. The van der Waals surface area contributed by atoms with Crippen LogP contribution in [0, 0.1) is 0 Å². The van der Waals surface area contributed by atoms with Crippen molar-refractivity contribution < 1.29 is 0 Å². The van der Waals surface area contributed by atoms with Gasteiger partial charge in [0.15, 0.2) is 0 Å². The van der Waals surface area contributed by atoms with Crippen molar-refractivity contribution in [2.45, 2.75) is 37.4 Å². The molecule has 0 N–H and O–H groups in total. The predicted octanol–water partition coefficient (Wildman–Crippen LogP) is 5.23. The van der Waals surface area contributed by atoms with Gasteiger partial charge in [-0.1, -0.05) is 49.2 Å². The molecule has 2 heterocycles. The number of hydrogen-bond acceptors (Lipinski definition) is 4. The lowest BCUT2D eigenvalue weighted by Gasteiger charge is -2.12. The molecule has 8 heteroatoms. The Kier molecular flexibility index (Phi) is 8.98. The molecular formula is C26H30N4O2S2. The van der Waals surface area contributed by atoms with Crippen molar-refractivity contribution in [3.63, 3.8) is 0 Å². The molecule has 0 spiro atoms. The van der Waals surface area contributed by atoms with Crippen molar-refractivity contribution in [3.05, 3.63) is 106 Å². The molecular weight excluding hydrogens is 464 g/mol. The number of hydrogen-bond donors (Lipinski definition) is 0. The normalized spacial score (nSPS) is 11.2. The SMILES string of the molecule is O=c1ccn(CSCCCCCCSCn2ccc(=O)n2-c2ccccc2)n1-c1ccccc1. The summed E-state index contributed by atoms with van der Waals surface area (Å²) in [4.78, 5) is 24.4. The monoisotopic (exact) mass is 494 g/mol. The smallest absolute Gasteiger partial charge is 0.271 e. The van der Waals surface area contributed by atoms with E-state index in [9.17, 15) is 9.59 Å². The molecule has 0 unspecified atom stereocenters. The number of unbranched alkanes of at least 4 members (excludes halogenated alkanes) is 3. The van der Waals surface area contributed by atoms with Crippen LogP contribution in [0.3, 0.4) is 0 Å². The summed E-state index contributed by atoms with van der Waals surface area (Å²) in [5, 5.41) is 0. The minimum Gasteiger partial charge on any atom is -0.275 e. The zero-order valence-electron chi connectivity index (χ0n) is 19.2. The van der Waals surface area contributed by atoms with Gasteiger partial charge in [0, 0.05) is 24.5 Å². The standard InChI is InChI=1S/C26H30N4O2S2/c31-25-15-17-27(29(25)23-11-5-3-6-12-23)21-33-19-9-1-2-10-20-34-22-28-18-16-26(32)30(28)24-13-7-4-8-14-24/h3-8,11-18H,1-2,9-10,19-22H2. The molecule has 0 aliphatic rings. The Bertz CT molecular complexity index is 1160. The second kappa shape index (κ2) is 12.6. The van der Waals surface area contributed by atoms with Gasteiger partial charge in [-0.3, -0.25) is 19.0 Å². The van der Waals surface area contributed by atoms with E-state index >= 15 is 0 Å². The fourth-order valence-electron chi connectivity index (χ4n) is 3.80. The number of para-hydroxylation sites is 2. The Morgan fingerprint density at radius 2 is 0.941 bits per heavy atom. The summed E-state index contributed by atoms with van der Waals surface area (Å²) in [5.74, 6) is 3.71. The van der Waals surface area contributed by atoms with Gasteiger partial charge in [-0.05, 0) is 48.6 Å². The zero-order chi connectivity index (χ0) is 23.6. The van der Waals surface area contributed by atoms with Crippen LogP contribution in [-0.4, -0.2) is 30.2 Å². The maximum atomic E-state index is 12.2. The van der Waals surface area contributed by atoms with Crippen LogP contribution in [0.25, 0.3) is 11.4 Å². The van der Waals surface area contributed by atoms with Gasteiger partial charge < -0.3 is 0 Å². The number of rotatable bonds is 13. The molecule has 0 amide bonds. The van der Waals surface area contributed by atoms with E-state index in [4.69, 9.17) is 0 Å². The summed E-state index contributed by atoms with van der Waals surface area (Å²) in [7, 11) is 0. The Morgan fingerprint density at radius 3 is 1.35 bits per heavy atom. The third-order valence-electron chi connectivity index (χ3n) is 5.49. The summed E-state index contributed by atoms with van der Waals surface area (Å²) in [6.45, 7) is 0. The number of thioether (sulfide) groups is 2. The molecule has 2 aromatic heterocycles. The van der Waals surface area contributed by atoms with Gasteiger partial charge in [-0.25, -0.2) is 9.36 Å². The molecule has 0 aliphatic carbocycles. The molecule has 0 atom stereocenters. The van der Waals surface area contributed by atoms with E-state index in [0.29, 0.717) is 0 Å². The first-order valence-electron chi connectivity index (χ1n) is 11.6. The minimum absolute atomic E-state index is 0.00461. The van der Waals surface area contributed by atoms with Crippen LogP contribution in [0.2, 0.25) is 0 Å². The lowest BCUT2D eigenvalue weighted by atomic mass is 10.2. The van der Waals surface area contributed by atoms with E-state index < -0.39 is 0 Å². The van der Waals surface area contributed by atoms with Crippen LogP contribution in [-0.2, 0) is 11.8 Å². The molecule has 2 aromatic carbocycles. The van der Waals surface area contributed by atoms with Crippen molar-refractivity contribution in [1.29, 1.82) is 0 Å². The van der Waals surface area contributed by atoms with E-state index in [1.54, 1.807) is 21.5 Å². The Morgan fingerprint density at radius 1 is 0.529 bits per heavy atom. The molecule has 0 saturated heterocycles. The molecule has 4 aromatic rings. The second-order valence-corrected chi connectivity index (χ2v) is 10.1. The summed E-state index contributed by atoms with van der Waals surface area (Å²) < 4.78 is 7.42. The van der Waals surface area contributed by atoms with Crippen molar-refractivity contribution >= 4 is 23.5 Å². The van der Waals surface area contributed by atoms with Crippen LogP contribution in [0.15, 0.2) is 94.8 Å². The lowest BCUT2D eigenvalue weighted by Crippen LogP contribution is -2.20. The first kappa shape index (κ1) is 24.3. The largest absolute Gasteiger partial charge is 0.275 e. The predicted molar refractivity (Wildman–Crippen MR) is 143 cm³/mol. The molecule has 0 aliphatic heterocycles. The van der Waals surface area contributed by atoms with Crippen molar-refractivity contribution in [2.75, 3.05) is 11.5 Å². The van der Waals surface area contributed by atoms with Gasteiger partial charge in [0.05, 0.1) is 23.1 Å². The van der Waals surface area contributed by atoms with E-state index in [1.807, 2.05) is 106 Å². The molecule has 178 valence electrons. The minimum atomic E-state index is 0.00461. The van der Waals surface area contributed by atoms with Gasteiger partial charge in [-0.2, -0.15) is 0 Å². The van der Waals surface area contributed by atoms with Gasteiger partial charge in [0.1, 0.15) is 0 Å². The first-order chi connectivity index (χ1) is 16.7. The molecule has 0 bridgehead atoms. The highest BCUT2D eigenvalue weighted by atomic mass is 32.2. The molecule has 34 heavy (non-hydrogen) atoms. The molecule has 0 saturated carbocycles. The van der Waals surface area contributed by atoms with Gasteiger partial charge in [0.2, 0.25) is 0 Å². The first-order valence-corrected chi connectivity index (χ1v) is 13.9. The topological polar surface area (TPSA) is 53.9 Å². The third kappa shape index (κ3) is 6.39. The number of benzene rings is 2. The molecule has 0 fully saturated rings. The molecule has 6 nitrogen and oxygen atoms in total. The Balaban J connectivity index is 1.11. The van der Waals surface area contributed by atoms with Crippen molar-refractivity contribution in [1.82, 2.24) is 18.7 Å². The maximum Gasteiger partial charge on any atom is 0.271 e. The van der Waals surface area contributed by atoms with Crippen LogP contribution < -0.4 is 11.1 Å². The van der Waals surface area contributed by atoms with E-state index in [2.05, 4.69) is 0 Å². The Labute approximate surface area is 208 Å². The number of aromatic nitrogens is 4. The van der Waals surface area contributed by atoms with Crippen LogP contribution >= 0.6 is 23.5 Å². The average molecular weight is 495 g/mol. The second-order valence-electron chi connectivity index (χ2n) is 7.97. The van der Waals surface area contributed by atoms with E-state index in [-0.39, 0.29) is 11.1 Å². The Hall–Kier alpha value is -2.84. The van der Waals surface area contributed by atoms with E-state index in [0.717, 1.165) is 34.6 Å². The van der Waals surface area contributed by atoms with Gasteiger partial charge in [0.25, 0.3) is 11.1 Å². The van der Waals surface area contributed by atoms with Crippen LogP contribution in [0.5, 0.6) is 0 Å². The molecule has 4 rings (SSSR count). The maximum absolute atomic E-state index is 12.2. The summed E-state index contributed by atoms with van der Waals surface area (Å²) >= 11 is 3.72. The van der Waals surface area contributed by atoms with Crippen molar-refractivity contribution in [3.8, 4) is 11.4 Å². The highest BCUT2D eigenvalue weighted by Crippen LogP contribution is 2.15. The van der Waals surface area contributed by atoms with Crippen LogP contribution in [0.1, 0.15) is 25.7 Å².